The lowest BCUT2D eigenvalue weighted by Gasteiger charge is -2.18. The summed E-state index contributed by atoms with van der Waals surface area (Å²) < 4.78 is 6.61. The Balaban J connectivity index is 2.09. The smallest absolute Gasteiger partial charge is 0.268 e. The van der Waals surface area contributed by atoms with Crippen LogP contribution in [0.15, 0.2) is 17.1 Å². The number of ether oxygens (including phenoxy) is 1. The highest BCUT2D eigenvalue weighted by atomic mass is 16.5. The minimum absolute atomic E-state index is 0.175. The fraction of sp³-hybridized carbons (Fsp3) is 0.692. The van der Waals surface area contributed by atoms with Crippen molar-refractivity contribution in [2.75, 3.05) is 25.1 Å². The van der Waals surface area contributed by atoms with Gasteiger partial charge in [0.25, 0.3) is 5.56 Å². The van der Waals surface area contributed by atoms with Crippen LogP contribution in [-0.2, 0) is 11.3 Å². The summed E-state index contributed by atoms with van der Waals surface area (Å²) >= 11 is 0. The van der Waals surface area contributed by atoms with E-state index in [4.69, 9.17) is 4.74 Å². The maximum Gasteiger partial charge on any atom is 0.268 e. The molecule has 0 radical (unpaired) electrons. The van der Waals surface area contributed by atoms with Crippen molar-refractivity contribution in [1.82, 2.24) is 9.78 Å². The summed E-state index contributed by atoms with van der Waals surface area (Å²) in [6, 6.07) is 1.58. The molecule has 2 heterocycles. The van der Waals surface area contributed by atoms with Crippen molar-refractivity contribution in [2.45, 2.75) is 38.5 Å². The van der Waals surface area contributed by atoms with Crippen LogP contribution in [0.4, 0.5) is 5.69 Å². The van der Waals surface area contributed by atoms with Gasteiger partial charge in [0.15, 0.2) is 0 Å². The molecule has 0 bridgehead atoms. The van der Waals surface area contributed by atoms with Crippen LogP contribution in [0.25, 0.3) is 0 Å². The number of aliphatic hydroxyl groups is 1. The molecule has 0 spiro atoms. The van der Waals surface area contributed by atoms with Gasteiger partial charge in [0.2, 0.25) is 0 Å². The van der Waals surface area contributed by atoms with Crippen LogP contribution >= 0.6 is 0 Å². The molecule has 1 fully saturated rings. The number of methoxy groups -OCH3 is 1. The minimum atomic E-state index is -0.527. The molecule has 0 saturated carbocycles. The van der Waals surface area contributed by atoms with Gasteiger partial charge < -0.3 is 14.7 Å². The lowest BCUT2D eigenvalue weighted by Crippen LogP contribution is -2.30. The molecule has 1 saturated heterocycles. The van der Waals surface area contributed by atoms with E-state index in [-0.39, 0.29) is 18.2 Å². The fourth-order valence-corrected chi connectivity index (χ4v) is 2.22. The maximum absolute atomic E-state index is 11.9. The SMILES string of the molecule is CCC(O)Cn1ncc(N2CCC(OC)C2)cc1=O. The monoisotopic (exact) mass is 267 g/mol. The number of hydrogen-bond acceptors (Lipinski definition) is 5. The molecule has 1 aromatic rings. The number of aromatic nitrogens is 2. The summed E-state index contributed by atoms with van der Waals surface area (Å²) in [5.74, 6) is 0. The van der Waals surface area contributed by atoms with E-state index in [0.29, 0.717) is 6.42 Å². The zero-order valence-corrected chi connectivity index (χ0v) is 11.5. The Bertz CT molecular complexity index is 474. The Morgan fingerprint density at radius 2 is 2.42 bits per heavy atom. The van der Waals surface area contributed by atoms with Crippen molar-refractivity contribution in [3.63, 3.8) is 0 Å². The van der Waals surface area contributed by atoms with Gasteiger partial charge in [-0.2, -0.15) is 5.10 Å². The molecule has 0 amide bonds. The van der Waals surface area contributed by atoms with E-state index in [0.717, 1.165) is 25.2 Å². The molecule has 2 rings (SSSR count). The molecule has 6 heteroatoms. The highest BCUT2D eigenvalue weighted by Crippen LogP contribution is 2.19. The molecule has 1 aliphatic rings. The van der Waals surface area contributed by atoms with E-state index in [1.54, 1.807) is 19.4 Å². The lowest BCUT2D eigenvalue weighted by atomic mass is 10.3. The van der Waals surface area contributed by atoms with Crippen molar-refractivity contribution in [3.05, 3.63) is 22.6 Å². The van der Waals surface area contributed by atoms with Crippen molar-refractivity contribution in [3.8, 4) is 0 Å². The number of hydrogen-bond donors (Lipinski definition) is 1. The van der Waals surface area contributed by atoms with E-state index in [2.05, 4.69) is 10.00 Å². The molecule has 2 atom stereocenters. The predicted molar refractivity (Wildman–Crippen MR) is 72.4 cm³/mol. The van der Waals surface area contributed by atoms with Gasteiger partial charge in [-0.3, -0.25) is 4.79 Å². The van der Waals surface area contributed by atoms with Crippen LogP contribution < -0.4 is 10.5 Å². The van der Waals surface area contributed by atoms with Crippen LogP contribution in [0.3, 0.4) is 0 Å². The Hall–Kier alpha value is -1.40. The van der Waals surface area contributed by atoms with E-state index in [1.165, 1.54) is 4.68 Å². The van der Waals surface area contributed by atoms with Gasteiger partial charge in [-0.05, 0) is 12.8 Å². The van der Waals surface area contributed by atoms with Gasteiger partial charge in [0.05, 0.1) is 30.6 Å². The first-order valence-corrected chi connectivity index (χ1v) is 6.67. The van der Waals surface area contributed by atoms with Crippen molar-refractivity contribution in [2.24, 2.45) is 0 Å². The van der Waals surface area contributed by atoms with Crippen LogP contribution in [0.1, 0.15) is 19.8 Å². The normalized spacial score (nSPS) is 20.8. The molecule has 6 nitrogen and oxygen atoms in total. The average Bonchev–Trinajstić information content (AvgIpc) is 2.89. The van der Waals surface area contributed by atoms with E-state index in [1.807, 2.05) is 6.92 Å². The fourth-order valence-electron chi connectivity index (χ4n) is 2.22. The third-order valence-electron chi connectivity index (χ3n) is 3.55. The van der Waals surface area contributed by atoms with Crippen molar-refractivity contribution in [1.29, 1.82) is 0 Å². The number of rotatable bonds is 5. The van der Waals surface area contributed by atoms with Crippen LogP contribution in [0, 0.1) is 0 Å². The second-order valence-electron chi connectivity index (χ2n) is 4.89. The zero-order valence-electron chi connectivity index (χ0n) is 11.5. The second-order valence-corrected chi connectivity index (χ2v) is 4.89. The first kappa shape index (κ1) is 14.0. The predicted octanol–water partition coefficient (Wildman–Crippen LogP) is 0.239. The van der Waals surface area contributed by atoms with Crippen molar-refractivity contribution < 1.29 is 9.84 Å². The van der Waals surface area contributed by atoms with E-state index < -0.39 is 6.10 Å². The summed E-state index contributed by atoms with van der Waals surface area (Å²) in [5, 5.41) is 13.7. The minimum Gasteiger partial charge on any atom is -0.391 e. The summed E-state index contributed by atoms with van der Waals surface area (Å²) in [7, 11) is 1.70. The standard InChI is InChI=1S/C13H21N3O3/c1-3-11(17)8-16-13(18)6-10(7-14-16)15-5-4-12(9-15)19-2/h6-7,11-12,17H,3-5,8-9H2,1-2H3. The van der Waals surface area contributed by atoms with Gasteiger partial charge in [-0.25, -0.2) is 4.68 Å². The van der Waals surface area contributed by atoms with Gasteiger partial charge in [0, 0.05) is 26.3 Å². The second kappa shape index (κ2) is 6.16. The lowest BCUT2D eigenvalue weighted by molar-refractivity contribution is 0.121. The largest absolute Gasteiger partial charge is 0.391 e. The maximum atomic E-state index is 11.9. The number of anilines is 1. The molecular formula is C13H21N3O3. The Morgan fingerprint density at radius 3 is 3.00 bits per heavy atom. The molecule has 106 valence electrons. The Labute approximate surface area is 112 Å². The topological polar surface area (TPSA) is 67.6 Å². The average molecular weight is 267 g/mol. The number of nitrogens with zero attached hydrogens (tertiary/aromatic N) is 3. The molecule has 1 aliphatic heterocycles. The molecule has 0 aliphatic carbocycles. The third-order valence-corrected chi connectivity index (χ3v) is 3.55. The molecule has 1 aromatic heterocycles. The summed E-state index contributed by atoms with van der Waals surface area (Å²) in [6.07, 6.45) is 2.96. The summed E-state index contributed by atoms with van der Waals surface area (Å²) in [6.45, 7) is 3.79. The van der Waals surface area contributed by atoms with E-state index in [9.17, 15) is 9.90 Å². The number of aliphatic hydroxyl groups excluding tert-OH is 1. The quantitative estimate of drug-likeness (QED) is 0.827. The molecule has 0 aromatic carbocycles. The van der Waals surface area contributed by atoms with Gasteiger partial charge in [0.1, 0.15) is 0 Å². The molecule has 19 heavy (non-hydrogen) atoms. The van der Waals surface area contributed by atoms with Crippen LogP contribution in [0.5, 0.6) is 0 Å². The Kier molecular flexibility index (Phi) is 4.55. The summed E-state index contributed by atoms with van der Waals surface area (Å²) in [5.41, 5.74) is 0.651. The molecule has 1 N–H and O–H groups in total. The Morgan fingerprint density at radius 1 is 1.63 bits per heavy atom. The zero-order chi connectivity index (χ0) is 13.8. The van der Waals surface area contributed by atoms with Gasteiger partial charge >= 0.3 is 0 Å². The van der Waals surface area contributed by atoms with Crippen LogP contribution in [0.2, 0.25) is 0 Å². The summed E-state index contributed by atoms with van der Waals surface area (Å²) in [4.78, 5) is 14.0. The first-order chi connectivity index (χ1) is 9.13. The third kappa shape index (κ3) is 3.33. The first-order valence-electron chi connectivity index (χ1n) is 6.67. The van der Waals surface area contributed by atoms with Crippen LogP contribution in [-0.4, -0.2) is 47.3 Å². The van der Waals surface area contributed by atoms with Gasteiger partial charge in [-0.15, -0.1) is 0 Å². The van der Waals surface area contributed by atoms with Crippen molar-refractivity contribution >= 4 is 5.69 Å². The highest BCUT2D eigenvalue weighted by Gasteiger charge is 2.22. The molecule has 2 unspecified atom stereocenters. The van der Waals surface area contributed by atoms with Gasteiger partial charge in [-0.1, -0.05) is 6.92 Å². The molecular weight excluding hydrogens is 246 g/mol. The van der Waals surface area contributed by atoms with E-state index >= 15 is 0 Å². The highest BCUT2D eigenvalue weighted by molar-refractivity contribution is 5.44.